The Labute approximate surface area is 243 Å². The lowest BCUT2D eigenvalue weighted by molar-refractivity contribution is -0.401. The Morgan fingerprint density at radius 1 is 0.684 bits per heavy atom. The van der Waals surface area contributed by atoms with Crippen molar-refractivity contribution in [1.82, 2.24) is 0 Å². The van der Waals surface area contributed by atoms with Crippen LogP contribution in [0.5, 0.6) is 0 Å². The quantitative estimate of drug-likeness (QED) is 0.171. The maximum Gasteiger partial charge on any atom is 0.210 e. The van der Waals surface area contributed by atoms with Gasteiger partial charge in [-0.25, -0.2) is 0 Å². The molecule has 0 N–H and O–H groups in total. The fourth-order valence-electron chi connectivity index (χ4n) is 6.74. The van der Waals surface area contributed by atoms with Crippen LogP contribution in [0.3, 0.4) is 0 Å². The molecule has 0 bridgehead atoms. The Bertz CT molecular complexity index is 1700. The molecule has 192 valence electrons. The van der Waals surface area contributed by atoms with Crippen molar-refractivity contribution in [2.45, 2.75) is 38.5 Å². The minimum atomic E-state index is -0.0654. The van der Waals surface area contributed by atoms with Crippen LogP contribution in [0.25, 0.3) is 21.5 Å². The Morgan fingerprint density at radius 2 is 1.29 bits per heavy atom. The standard InChI is InChI=1S/C35H35N2.HI/c1-34(2)30(36(5)28-22-20-24-14-10-12-16-26(24)32(28)34)18-8-7-9-19-31-35(3,4)33-27-17-13-11-15-25(27)21-23-29(33)37(31)6;/h7-23H,1-6H3;1H/q+1;/p-1. The highest BCUT2D eigenvalue weighted by atomic mass is 127. The number of hydrogen-bond donors (Lipinski definition) is 0. The highest BCUT2D eigenvalue weighted by Gasteiger charge is 2.44. The maximum absolute atomic E-state index is 2.35. The maximum atomic E-state index is 2.35. The van der Waals surface area contributed by atoms with Gasteiger partial charge in [0.1, 0.15) is 7.05 Å². The van der Waals surface area contributed by atoms with Crippen molar-refractivity contribution in [3.8, 4) is 0 Å². The van der Waals surface area contributed by atoms with E-state index in [-0.39, 0.29) is 34.8 Å². The first kappa shape index (κ1) is 26.4. The molecule has 0 aromatic heterocycles. The molecule has 2 nitrogen and oxygen atoms in total. The molecule has 0 saturated heterocycles. The summed E-state index contributed by atoms with van der Waals surface area (Å²) in [7, 11) is 4.37. The van der Waals surface area contributed by atoms with Crippen LogP contribution in [0.2, 0.25) is 0 Å². The van der Waals surface area contributed by atoms with Crippen LogP contribution in [0.15, 0.2) is 109 Å². The first-order chi connectivity index (χ1) is 17.7. The number of rotatable bonds is 3. The smallest absolute Gasteiger partial charge is 0.210 e. The van der Waals surface area contributed by atoms with Crippen LogP contribution < -0.4 is 28.9 Å². The van der Waals surface area contributed by atoms with Gasteiger partial charge >= 0.3 is 0 Å². The summed E-state index contributed by atoms with van der Waals surface area (Å²) in [6.45, 7) is 9.35. The lowest BCUT2D eigenvalue weighted by atomic mass is 9.79. The molecule has 4 aromatic rings. The number of nitrogens with zero attached hydrogens (tertiary/aromatic N) is 2. The van der Waals surface area contributed by atoms with E-state index in [1.165, 1.54) is 55.5 Å². The van der Waals surface area contributed by atoms with Crippen LogP contribution in [0, 0.1) is 0 Å². The van der Waals surface area contributed by atoms with Gasteiger partial charge in [-0.1, -0.05) is 86.7 Å². The number of allylic oxidation sites excluding steroid dienone is 6. The molecule has 0 radical (unpaired) electrons. The van der Waals surface area contributed by atoms with Crippen LogP contribution in [0.4, 0.5) is 11.4 Å². The van der Waals surface area contributed by atoms with Crippen LogP contribution in [-0.4, -0.2) is 24.4 Å². The van der Waals surface area contributed by atoms with E-state index < -0.39 is 0 Å². The number of likely N-dealkylation sites (N-methyl/N-ethyl adjacent to an activating group) is 1. The van der Waals surface area contributed by atoms with Gasteiger partial charge in [-0.2, -0.15) is 4.58 Å². The predicted molar refractivity (Wildman–Crippen MR) is 160 cm³/mol. The molecule has 3 heteroatoms. The van der Waals surface area contributed by atoms with E-state index >= 15 is 0 Å². The van der Waals surface area contributed by atoms with Gasteiger partial charge in [0.2, 0.25) is 5.69 Å². The summed E-state index contributed by atoms with van der Waals surface area (Å²) in [5.41, 5.74) is 7.93. The Morgan fingerprint density at radius 3 is 1.97 bits per heavy atom. The molecule has 38 heavy (non-hydrogen) atoms. The molecule has 0 spiro atoms. The molecule has 2 heterocycles. The largest absolute Gasteiger partial charge is 1.00 e. The van der Waals surface area contributed by atoms with Gasteiger partial charge in [0.25, 0.3) is 0 Å². The Kier molecular flexibility index (Phi) is 6.63. The van der Waals surface area contributed by atoms with Crippen LogP contribution in [0.1, 0.15) is 38.8 Å². The Hall–Kier alpha value is -3.18. The molecule has 0 aliphatic carbocycles. The van der Waals surface area contributed by atoms with Crippen molar-refractivity contribution in [3.63, 3.8) is 0 Å². The van der Waals surface area contributed by atoms with Crippen LogP contribution >= 0.6 is 0 Å². The second-order valence-corrected chi connectivity index (χ2v) is 11.4. The van der Waals surface area contributed by atoms with Gasteiger partial charge in [0.15, 0.2) is 5.71 Å². The van der Waals surface area contributed by atoms with E-state index in [2.05, 4.69) is 154 Å². The fraction of sp³-hybridized carbons (Fsp3) is 0.229. The minimum absolute atomic E-state index is 0. The van der Waals surface area contributed by atoms with E-state index in [0.29, 0.717) is 0 Å². The first-order valence-corrected chi connectivity index (χ1v) is 13.2. The number of fused-ring (bicyclic) bond motifs is 6. The summed E-state index contributed by atoms with van der Waals surface area (Å²) in [5, 5.41) is 5.30. The van der Waals surface area contributed by atoms with Crippen molar-refractivity contribution >= 4 is 38.6 Å². The molecule has 0 unspecified atom stereocenters. The molecule has 0 saturated carbocycles. The van der Waals surface area contributed by atoms with Gasteiger partial charge in [-0.3, -0.25) is 0 Å². The third-order valence-corrected chi connectivity index (χ3v) is 8.52. The Balaban J connectivity index is 0.00000294. The van der Waals surface area contributed by atoms with Gasteiger partial charge in [-0.15, -0.1) is 0 Å². The number of anilines is 1. The highest BCUT2D eigenvalue weighted by Crippen LogP contribution is 2.50. The average molecular weight is 611 g/mol. The SMILES string of the molecule is CN1C(=CC=CC=CC2=[N+](C)c3ccc4ccccc4c3C2(C)C)C(C)(C)c2c1ccc1ccccc21.[I-]. The van der Waals surface area contributed by atoms with E-state index in [4.69, 9.17) is 0 Å². The molecule has 4 aromatic carbocycles. The molecule has 6 rings (SSSR count). The molecular weight excluding hydrogens is 575 g/mol. The summed E-state index contributed by atoms with van der Waals surface area (Å²) in [6, 6.07) is 26.4. The topological polar surface area (TPSA) is 6.25 Å². The van der Waals surface area contributed by atoms with E-state index in [9.17, 15) is 0 Å². The molecule has 0 fully saturated rings. The van der Waals surface area contributed by atoms with Gasteiger partial charge in [0.05, 0.1) is 5.41 Å². The zero-order valence-electron chi connectivity index (χ0n) is 23.1. The second kappa shape index (κ2) is 9.53. The molecule has 0 atom stereocenters. The number of hydrogen-bond acceptors (Lipinski definition) is 1. The normalized spacial score (nSPS) is 18.7. The molecular formula is C35H35IN2. The summed E-state index contributed by atoms with van der Waals surface area (Å²) in [5.74, 6) is 0. The lowest BCUT2D eigenvalue weighted by Crippen LogP contribution is -3.00. The predicted octanol–water partition coefficient (Wildman–Crippen LogP) is 5.43. The minimum Gasteiger partial charge on any atom is -1.00 e. The number of halogens is 1. The summed E-state index contributed by atoms with van der Waals surface area (Å²) >= 11 is 0. The summed E-state index contributed by atoms with van der Waals surface area (Å²) in [4.78, 5) is 2.35. The molecule has 2 aliphatic rings. The summed E-state index contributed by atoms with van der Waals surface area (Å²) < 4.78 is 2.35. The second-order valence-electron chi connectivity index (χ2n) is 11.4. The van der Waals surface area contributed by atoms with Crippen molar-refractivity contribution < 1.29 is 28.6 Å². The summed E-state index contributed by atoms with van der Waals surface area (Å²) in [6.07, 6.45) is 11.1. The van der Waals surface area contributed by atoms with Crippen LogP contribution in [-0.2, 0) is 10.8 Å². The fourth-order valence-corrected chi connectivity index (χ4v) is 6.74. The third-order valence-electron chi connectivity index (χ3n) is 8.52. The molecule has 2 aliphatic heterocycles. The van der Waals surface area contributed by atoms with Crippen molar-refractivity contribution in [1.29, 1.82) is 0 Å². The van der Waals surface area contributed by atoms with Crippen molar-refractivity contribution in [2.24, 2.45) is 0 Å². The van der Waals surface area contributed by atoms with Crippen molar-refractivity contribution in [2.75, 3.05) is 19.0 Å². The van der Waals surface area contributed by atoms with Gasteiger partial charge in [0, 0.05) is 41.6 Å². The monoisotopic (exact) mass is 610 g/mol. The average Bonchev–Trinajstić information content (AvgIpc) is 3.21. The van der Waals surface area contributed by atoms with E-state index in [0.717, 1.165) is 0 Å². The number of benzene rings is 4. The first-order valence-electron chi connectivity index (χ1n) is 13.2. The van der Waals surface area contributed by atoms with E-state index in [1.807, 2.05) is 0 Å². The van der Waals surface area contributed by atoms with Crippen molar-refractivity contribution in [3.05, 3.63) is 120 Å². The highest BCUT2D eigenvalue weighted by molar-refractivity contribution is 6.07. The lowest BCUT2D eigenvalue weighted by Gasteiger charge is -2.24. The molecule has 0 amide bonds. The van der Waals surface area contributed by atoms with E-state index in [1.54, 1.807) is 0 Å². The van der Waals surface area contributed by atoms with Gasteiger partial charge < -0.3 is 28.9 Å². The van der Waals surface area contributed by atoms with Gasteiger partial charge in [-0.05, 0) is 59.2 Å². The zero-order chi connectivity index (χ0) is 25.9. The zero-order valence-corrected chi connectivity index (χ0v) is 25.2. The third kappa shape index (κ3) is 3.86.